The van der Waals surface area contributed by atoms with Crippen LogP contribution in [0.15, 0.2) is 51.7 Å². The zero-order valence-corrected chi connectivity index (χ0v) is 12.6. The predicted molar refractivity (Wildman–Crippen MR) is 84.1 cm³/mol. The average Bonchev–Trinajstić information content (AvgIpc) is 2.94. The first-order valence-corrected chi connectivity index (χ1v) is 7.16. The Kier molecular flexibility index (Phi) is 4.22. The Labute approximate surface area is 138 Å². The molecule has 3 aromatic rings. The number of anilines is 1. The molecule has 1 aromatic heterocycles. The lowest BCUT2D eigenvalue weighted by atomic mass is 10.1. The van der Waals surface area contributed by atoms with Crippen molar-refractivity contribution in [3.63, 3.8) is 0 Å². The molecule has 0 aliphatic carbocycles. The van der Waals surface area contributed by atoms with Gasteiger partial charge in [0, 0.05) is 6.54 Å². The van der Waals surface area contributed by atoms with Crippen molar-refractivity contribution in [1.29, 1.82) is 0 Å². The van der Waals surface area contributed by atoms with Crippen LogP contribution in [0.3, 0.4) is 0 Å². The Hall–Kier alpha value is -3.23. The fourth-order valence-corrected chi connectivity index (χ4v) is 2.23. The number of hydrogen-bond donors (Lipinski definition) is 3. The third-order valence-corrected chi connectivity index (χ3v) is 3.43. The summed E-state index contributed by atoms with van der Waals surface area (Å²) in [5.74, 6) is -0.644. The standard InChI is InChI=1S/C16H12F3N3O3/c17-16(18,19)10-6-4-9(5-7-10)8-20-14(23)21-11-2-1-3-12-13(11)25-15(24)22-12/h1-7H,8H2,(H,22,24)(H2,20,21,23). The molecule has 0 spiro atoms. The van der Waals surface area contributed by atoms with Gasteiger partial charge in [0.15, 0.2) is 5.58 Å². The van der Waals surface area contributed by atoms with Gasteiger partial charge in [-0.25, -0.2) is 9.59 Å². The van der Waals surface area contributed by atoms with E-state index in [0.717, 1.165) is 12.1 Å². The number of H-pyrrole nitrogens is 1. The summed E-state index contributed by atoms with van der Waals surface area (Å²) in [6, 6.07) is 8.68. The number of alkyl halides is 3. The van der Waals surface area contributed by atoms with Gasteiger partial charge in [-0.05, 0) is 29.8 Å². The predicted octanol–water partition coefficient (Wildman–Crippen LogP) is 3.46. The van der Waals surface area contributed by atoms with Gasteiger partial charge in [-0.2, -0.15) is 13.2 Å². The number of carbonyl (C=O) groups is 1. The Morgan fingerprint density at radius 1 is 1.12 bits per heavy atom. The second-order valence-corrected chi connectivity index (χ2v) is 5.20. The molecule has 0 fully saturated rings. The number of urea groups is 1. The molecule has 0 radical (unpaired) electrons. The highest BCUT2D eigenvalue weighted by Gasteiger charge is 2.29. The smallest absolute Gasteiger partial charge is 0.406 e. The van der Waals surface area contributed by atoms with E-state index in [0.29, 0.717) is 16.8 Å². The number of amides is 2. The number of carbonyl (C=O) groups excluding carboxylic acids is 1. The molecule has 3 rings (SSSR count). The van der Waals surface area contributed by atoms with E-state index in [-0.39, 0.29) is 12.1 Å². The summed E-state index contributed by atoms with van der Waals surface area (Å²) in [6.07, 6.45) is -4.40. The largest absolute Gasteiger partial charge is 0.417 e. The first kappa shape index (κ1) is 16.6. The monoisotopic (exact) mass is 351 g/mol. The van der Waals surface area contributed by atoms with Gasteiger partial charge in [0.05, 0.1) is 16.8 Å². The molecule has 6 nitrogen and oxygen atoms in total. The number of aromatic nitrogens is 1. The number of aromatic amines is 1. The minimum atomic E-state index is -4.40. The first-order valence-electron chi connectivity index (χ1n) is 7.16. The molecule has 0 saturated carbocycles. The third kappa shape index (κ3) is 3.82. The van der Waals surface area contributed by atoms with Crippen molar-refractivity contribution in [3.05, 3.63) is 64.1 Å². The normalized spacial score (nSPS) is 11.5. The molecule has 130 valence electrons. The molecule has 25 heavy (non-hydrogen) atoms. The molecule has 9 heteroatoms. The van der Waals surface area contributed by atoms with Crippen molar-refractivity contribution in [1.82, 2.24) is 10.3 Å². The lowest BCUT2D eigenvalue weighted by molar-refractivity contribution is -0.137. The Balaban J connectivity index is 1.64. The molecule has 0 atom stereocenters. The third-order valence-electron chi connectivity index (χ3n) is 3.43. The van der Waals surface area contributed by atoms with Gasteiger partial charge in [0.25, 0.3) is 0 Å². The summed E-state index contributed by atoms with van der Waals surface area (Å²) in [5, 5.41) is 5.04. The van der Waals surface area contributed by atoms with Gasteiger partial charge in [-0.3, -0.25) is 4.98 Å². The molecular formula is C16H12F3N3O3. The van der Waals surface area contributed by atoms with E-state index in [1.165, 1.54) is 12.1 Å². The Morgan fingerprint density at radius 2 is 1.84 bits per heavy atom. The van der Waals surface area contributed by atoms with Crippen molar-refractivity contribution in [2.24, 2.45) is 0 Å². The highest BCUT2D eigenvalue weighted by molar-refractivity contribution is 5.97. The second-order valence-electron chi connectivity index (χ2n) is 5.20. The SMILES string of the molecule is O=C(NCc1ccc(C(F)(F)F)cc1)Nc1cccc2[nH]c(=O)oc12. The zero-order chi connectivity index (χ0) is 18.0. The summed E-state index contributed by atoms with van der Waals surface area (Å²) in [7, 11) is 0. The minimum absolute atomic E-state index is 0.0387. The number of oxazole rings is 1. The molecule has 0 saturated heterocycles. The van der Waals surface area contributed by atoms with Crippen LogP contribution in [0.25, 0.3) is 11.1 Å². The van der Waals surface area contributed by atoms with E-state index in [4.69, 9.17) is 4.42 Å². The van der Waals surface area contributed by atoms with Crippen LogP contribution in [-0.4, -0.2) is 11.0 Å². The van der Waals surface area contributed by atoms with Crippen molar-refractivity contribution in [2.45, 2.75) is 12.7 Å². The average molecular weight is 351 g/mol. The van der Waals surface area contributed by atoms with E-state index >= 15 is 0 Å². The van der Waals surface area contributed by atoms with Gasteiger partial charge in [0.2, 0.25) is 0 Å². The lowest BCUT2D eigenvalue weighted by Gasteiger charge is -2.09. The maximum Gasteiger partial charge on any atom is 0.417 e. The first-order chi connectivity index (χ1) is 11.8. The van der Waals surface area contributed by atoms with Gasteiger partial charge >= 0.3 is 18.0 Å². The van der Waals surface area contributed by atoms with Crippen molar-refractivity contribution < 1.29 is 22.4 Å². The highest BCUT2D eigenvalue weighted by atomic mass is 19.4. The maximum atomic E-state index is 12.5. The van der Waals surface area contributed by atoms with E-state index < -0.39 is 23.5 Å². The summed E-state index contributed by atoms with van der Waals surface area (Å²) in [4.78, 5) is 25.6. The van der Waals surface area contributed by atoms with E-state index in [9.17, 15) is 22.8 Å². The van der Waals surface area contributed by atoms with Gasteiger partial charge < -0.3 is 15.1 Å². The molecule has 1 heterocycles. The molecule has 2 amide bonds. The van der Waals surface area contributed by atoms with Gasteiger partial charge in [-0.15, -0.1) is 0 Å². The highest BCUT2D eigenvalue weighted by Crippen LogP contribution is 2.29. The molecule has 0 bridgehead atoms. The van der Waals surface area contributed by atoms with Crippen LogP contribution in [0.1, 0.15) is 11.1 Å². The molecule has 2 aromatic carbocycles. The van der Waals surface area contributed by atoms with Gasteiger partial charge in [0.1, 0.15) is 0 Å². The summed E-state index contributed by atoms with van der Waals surface area (Å²) in [5.41, 5.74) is 0.688. The summed E-state index contributed by atoms with van der Waals surface area (Å²) in [6.45, 7) is 0.0387. The topological polar surface area (TPSA) is 87.1 Å². The lowest BCUT2D eigenvalue weighted by Crippen LogP contribution is -2.28. The van der Waals surface area contributed by atoms with Crippen molar-refractivity contribution in [3.8, 4) is 0 Å². The van der Waals surface area contributed by atoms with Crippen LogP contribution in [-0.2, 0) is 12.7 Å². The molecule has 3 N–H and O–H groups in total. The maximum absolute atomic E-state index is 12.5. The van der Waals surface area contributed by atoms with Crippen molar-refractivity contribution >= 4 is 22.8 Å². The quantitative estimate of drug-likeness (QED) is 0.675. The number of hydrogen-bond acceptors (Lipinski definition) is 3. The van der Waals surface area contributed by atoms with E-state index in [1.807, 2.05) is 0 Å². The van der Waals surface area contributed by atoms with Crippen LogP contribution >= 0.6 is 0 Å². The molecular weight excluding hydrogens is 339 g/mol. The fourth-order valence-electron chi connectivity index (χ4n) is 2.23. The molecule has 0 unspecified atom stereocenters. The minimum Gasteiger partial charge on any atom is -0.406 e. The fraction of sp³-hybridized carbons (Fsp3) is 0.125. The number of benzene rings is 2. The number of rotatable bonds is 3. The molecule has 0 aliphatic rings. The van der Waals surface area contributed by atoms with Crippen LogP contribution in [0, 0.1) is 0 Å². The number of halogens is 3. The van der Waals surface area contributed by atoms with E-state index in [1.54, 1.807) is 18.2 Å². The second kappa shape index (κ2) is 6.34. The summed E-state index contributed by atoms with van der Waals surface area (Å²) < 4.78 is 42.4. The van der Waals surface area contributed by atoms with Crippen LogP contribution in [0.2, 0.25) is 0 Å². The van der Waals surface area contributed by atoms with Crippen molar-refractivity contribution in [2.75, 3.05) is 5.32 Å². The van der Waals surface area contributed by atoms with Crippen LogP contribution in [0.4, 0.5) is 23.7 Å². The van der Waals surface area contributed by atoms with Crippen LogP contribution < -0.4 is 16.4 Å². The number of nitrogens with one attached hydrogen (secondary N) is 3. The van der Waals surface area contributed by atoms with Crippen LogP contribution in [0.5, 0.6) is 0 Å². The summed E-state index contributed by atoms with van der Waals surface area (Å²) >= 11 is 0. The zero-order valence-electron chi connectivity index (χ0n) is 12.6. The van der Waals surface area contributed by atoms with Gasteiger partial charge in [-0.1, -0.05) is 18.2 Å². The van der Waals surface area contributed by atoms with E-state index in [2.05, 4.69) is 15.6 Å². The molecule has 0 aliphatic heterocycles. The number of fused-ring (bicyclic) bond motifs is 1. The Morgan fingerprint density at radius 3 is 2.52 bits per heavy atom. The number of para-hydroxylation sites is 1. The Bertz CT molecular complexity index is 958.